The number of allylic oxidation sites excluding steroid dienone is 3. The number of nitro benzene ring substituents is 1. The molecule has 0 radical (unpaired) electrons. The molecule has 4 rings (SSSR count). The molecule has 9 heteroatoms. The zero-order valence-electron chi connectivity index (χ0n) is 22.2. The first-order valence-electron chi connectivity index (χ1n) is 12.5. The number of ether oxygens (including phenoxy) is 3. The summed E-state index contributed by atoms with van der Waals surface area (Å²) in [5.41, 5.74) is 3.68. The van der Waals surface area contributed by atoms with Gasteiger partial charge in [-0.05, 0) is 48.4 Å². The lowest BCUT2D eigenvalue weighted by Gasteiger charge is -2.36. The highest BCUT2D eigenvalue weighted by molar-refractivity contribution is 6.04. The Kier molecular flexibility index (Phi) is 7.85. The quantitative estimate of drug-likeness (QED) is 0.288. The summed E-state index contributed by atoms with van der Waals surface area (Å²) in [5, 5.41) is 14.6. The van der Waals surface area contributed by atoms with Gasteiger partial charge in [-0.1, -0.05) is 32.0 Å². The average Bonchev–Trinajstić information content (AvgIpc) is 2.90. The smallest absolute Gasteiger partial charge is 0.336 e. The molecule has 200 valence electrons. The lowest BCUT2D eigenvalue weighted by Crippen LogP contribution is -2.36. The lowest BCUT2D eigenvalue weighted by molar-refractivity contribution is -0.384. The fourth-order valence-electron chi connectivity index (χ4n) is 5.09. The van der Waals surface area contributed by atoms with Crippen LogP contribution in [-0.2, 0) is 14.3 Å². The normalized spacial score (nSPS) is 19.2. The highest BCUT2D eigenvalue weighted by atomic mass is 16.6. The average molecular weight is 521 g/mol. The Labute approximate surface area is 221 Å². The minimum Gasteiger partial charge on any atom is -0.493 e. The molecule has 0 saturated carbocycles. The number of hydrogen-bond acceptors (Lipinski definition) is 8. The molecule has 0 saturated heterocycles. The maximum absolute atomic E-state index is 13.8. The number of non-ortho nitro benzene ring substituents is 1. The summed E-state index contributed by atoms with van der Waals surface area (Å²) in [6.45, 7) is 5.92. The number of hydrogen-bond donors (Lipinski definition) is 1. The van der Waals surface area contributed by atoms with Gasteiger partial charge in [-0.25, -0.2) is 4.79 Å². The highest BCUT2D eigenvalue weighted by Gasteiger charge is 2.41. The third-order valence-electron chi connectivity index (χ3n) is 6.91. The van der Waals surface area contributed by atoms with Crippen molar-refractivity contribution in [1.29, 1.82) is 0 Å². The second-order valence-corrected chi connectivity index (χ2v) is 9.97. The standard InChI is InChI=1S/C29H32N2O7/c1-16(2)15-38-29(33)26-17(3)30-22-12-20(19-8-11-24(36-4)25(14-19)37-5)13-23(32)28(22)27(26)18-6-9-21(10-7-18)31(34)35/h6-11,14,16,20,27,30H,12-13,15H2,1-5H3/t20-,27-/m1/s1. The van der Waals surface area contributed by atoms with Crippen molar-refractivity contribution in [1.82, 2.24) is 5.32 Å². The number of nitro groups is 1. The number of nitrogens with zero attached hydrogens (tertiary/aromatic N) is 1. The van der Waals surface area contributed by atoms with E-state index in [4.69, 9.17) is 14.2 Å². The van der Waals surface area contributed by atoms with Gasteiger partial charge in [-0.3, -0.25) is 14.9 Å². The van der Waals surface area contributed by atoms with Crippen molar-refractivity contribution in [2.24, 2.45) is 5.92 Å². The molecule has 2 atom stereocenters. The van der Waals surface area contributed by atoms with Gasteiger partial charge in [0.15, 0.2) is 17.3 Å². The van der Waals surface area contributed by atoms with Gasteiger partial charge in [0.25, 0.3) is 5.69 Å². The molecular weight excluding hydrogens is 488 g/mol. The van der Waals surface area contributed by atoms with E-state index < -0.39 is 16.8 Å². The van der Waals surface area contributed by atoms with Crippen molar-refractivity contribution in [3.8, 4) is 11.5 Å². The zero-order chi connectivity index (χ0) is 27.6. The van der Waals surface area contributed by atoms with Gasteiger partial charge in [0.2, 0.25) is 0 Å². The zero-order valence-corrected chi connectivity index (χ0v) is 22.2. The Morgan fingerprint density at radius 1 is 1.05 bits per heavy atom. The number of nitrogens with one attached hydrogen (secondary N) is 1. The van der Waals surface area contributed by atoms with Crippen LogP contribution in [0.1, 0.15) is 56.6 Å². The third-order valence-corrected chi connectivity index (χ3v) is 6.91. The molecule has 1 heterocycles. The van der Waals surface area contributed by atoms with Gasteiger partial charge >= 0.3 is 5.97 Å². The van der Waals surface area contributed by atoms with Gasteiger partial charge in [0, 0.05) is 41.4 Å². The van der Waals surface area contributed by atoms with Crippen molar-refractivity contribution in [2.45, 2.75) is 45.4 Å². The molecule has 9 nitrogen and oxygen atoms in total. The van der Waals surface area contributed by atoms with E-state index >= 15 is 0 Å². The molecule has 2 aromatic rings. The Morgan fingerprint density at radius 3 is 2.32 bits per heavy atom. The lowest BCUT2D eigenvalue weighted by atomic mass is 9.71. The fraction of sp³-hybridized carbons (Fsp3) is 0.379. The number of Topliss-reactive ketones (excluding diaryl/α,β-unsaturated/α-hetero) is 1. The Morgan fingerprint density at radius 2 is 1.71 bits per heavy atom. The van der Waals surface area contributed by atoms with Crippen molar-refractivity contribution in [2.75, 3.05) is 20.8 Å². The van der Waals surface area contributed by atoms with Crippen LogP contribution in [0.4, 0.5) is 5.69 Å². The Balaban J connectivity index is 1.76. The van der Waals surface area contributed by atoms with E-state index in [9.17, 15) is 19.7 Å². The first-order valence-corrected chi connectivity index (χ1v) is 12.5. The topological polar surface area (TPSA) is 117 Å². The molecular formula is C29H32N2O7. The number of rotatable bonds is 8. The van der Waals surface area contributed by atoms with Gasteiger partial charge in [0.05, 0.1) is 31.3 Å². The molecule has 0 spiro atoms. The van der Waals surface area contributed by atoms with Crippen LogP contribution in [0.2, 0.25) is 0 Å². The molecule has 2 aromatic carbocycles. The van der Waals surface area contributed by atoms with Crippen LogP contribution in [0, 0.1) is 16.0 Å². The summed E-state index contributed by atoms with van der Waals surface area (Å²) >= 11 is 0. The van der Waals surface area contributed by atoms with Crippen LogP contribution in [0.15, 0.2) is 65.0 Å². The van der Waals surface area contributed by atoms with E-state index in [1.807, 2.05) is 32.0 Å². The molecule has 0 aromatic heterocycles. The molecule has 38 heavy (non-hydrogen) atoms. The Hall–Kier alpha value is -4.14. The molecule has 0 fully saturated rings. The van der Waals surface area contributed by atoms with Crippen molar-refractivity contribution in [3.63, 3.8) is 0 Å². The maximum Gasteiger partial charge on any atom is 0.336 e. The summed E-state index contributed by atoms with van der Waals surface area (Å²) in [4.78, 5) is 37.8. The van der Waals surface area contributed by atoms with Crippen LogP contribution in [0.3, 0.4) is 0 Å². The van der Waals surface area contributed by atoms with Gasteiger partial charge in [0.1, 0.15) is 0 Å². The Bertz CT molecular complexity index is 1320. The minimum atomic E-state index is -0.689. The number of methoxy groups -OCH3 is 2. The fourth-order valence-corrected chi connectivity index (χ4v) is 5.09. The second kappa shape index (κ2) is 11.1. The van der Waals surface area contributed by atoms with Gasteiger partial charge in [-0.15, -0.1) is 0 Å². The first-order chi connectivity index (χ1) is 18.1. The number of ketones is 1. The van der Waals surface area contributed by atoms with Crippen molar-refractivity contribution in [3.05, 3.63) is 86.2 Å². The minimum absolute atomic E-state index is 0.0648. The molecule has 1 aliphatic heterocycles. The molecule has 1 aliphatic carbocycles. The van der Waals surface area contributed by atoms with Crippen LogP contribution in [0.25, 0.3) is 0 Å². The summed E-state index contributed by atoms with van der Waals surface area (Å²) in [5.74, 6) is -0.0575. The molecule has 0 amide bonds. The predicted molar refractivity (Wildman–Crippen MR) is 141 cm³/mol. The van der Waals surface area contributed by atoms with Crippen molar-refractivity contribution < 1.29 is 28.7 Å². The van der Waals surface area contributed by atoms with E-state index in [1.165, 1.54) is 12.1 Å². The van der Waals surface area contributed by atoms with E-state index in [0.29, 0.717) is 40.3 Å². The monoisotopic (exact) mass is 520 g/mol. The van der Waals surface area contributed by atoms with Crippen LogP contribution in [0.5, 0.6) is 11.5 Å². The maximum atomic E-state index is 13.8. The number of dihydropyridines is 1. The number of esters is 1. The largest absolute Gasteiger partial charge is 0.493 e. The third kappa shape index (κ3) is 5.27. The summed E-state index contributed by atoms with van der Waals surface area (Å²) in [6, 6.07) is 11.6. The summed E-state index contributed by atoms with van der Waals surface area (Å²) < 4.78 is 16.4. The molecule has 0 bridgehead atoms. The number of carbonyl (C=O) groups is 2. The van der Waals surface area contributed by atoms with E-state index in [0.717, 1.165) is 11.3 Å². The van der Waals surface area contributed by atoms with Gasteiger partial charge in [-0.2, -0.15) is 0 Å². The van der Waals surface area contributed by atoms with E-state index in [-0.39, 0.29) is 36.3 Å². The second-order valence-electron chi connectivity index (χ2n) is 9.97. The number of carbonyl (C=O) groups excluding carboxylic acids is 2. The van der Waals surface area contributed by atoms with Crippen LogP contribution >= 0.6 is 0 Å². The first kappa shape index (κ1) is 26.9. The van der Waals surface area contributed by atoms with Crippen LogP contribution < -0.4 is 14.8 Å². The van der Waals surface area contributed by atoms with E-state index in [1.54, 1.807) is 33.3 Å². The van der Waals surface area contributed by atoms with Gasteiger partial charge < -0.3 is 19.5 Å². The SMILES string of the molecule is COc1ccc([C@H]2CC(=O)C3=C(C2)NC(C)=C(C(=O)OCC(C)C)[C@H]3c2ccc([N+](=O)[O-])cc2)cc1OC. The molecule has 1 N–H and O–H groups in total. The summed E-state index contributed by atoms with van der Waals surface area (Å²) in [6.07, 6.45) is 0.790. The molecule has 2 aliphatic rings. The summed E-state index contributed by atoms with van der Waals surface area (Å²) in [7, 11) is 3.14. The van der Waals surface area contributed by atoms with E-state index in [2.05, 4.69) is 5.32 Å². The predicted octanol–water partition coefficient (Wildman–Crippen LogP) is 5.17. The molecule has 0 unspecified atom stereocenters. The highest BCUT2D eigenvalue weighted by Crippen LogP contribution is 2.46. The number of benzene rings is 2. The van der Waals surface area contributed by atoms with Crippen molar-refractivity contribution >= 4 is 17.4 Å². The van der Waals surface area contributed by atoms with Crippen LogP contribution in [-0.4, -0.2) is 37.5 Å².